The molecule has 1 heterocycles. The molecule has 0 aliphatic heterocycles. The van der Waals surface area contributed by atoms with Gasteiger partial charge in [0.2, 0.25) is 0 Å². The van der Waals surface area contributed by atoms with Gasteiger partial charge in [-0.2, -0.15) is 0 Å². The highest BCUT2D eigenvalue weighted by atomic mass is 16.5. The average Bonchev–Trinajstić information content (AvgIpc) is 2.47. The number of nitrogens with zero attached hydrogens (tertiary/aromatic N) is 1. The van der Waals surface area contributed by atoms with Crippen molar-refractivity contribution in [1.29, 1.82) is 0 Å². The summed E-state index contributed by atoms with van der Waals surface area (Å²) in [5.74, 6) is 1.40. The molecule has 2 aromatic rings. The number of rotatable bonds is 6. The first-order valence-corrected chi connectivity index (χ1v) is 7.12. The van der Waals surface area contributed by atoms with E-state index in [0.717, 1.165) is 11.3 Å². The molecule has 0 spiro atoms. The molecular formula is C17H21NO3. The minimum atomic E-state index is -0.756. The highest BCUT2D eigenvalue weighted by Crippen LogP contribution is 2.27. The SMILES string of the molecule is CCOc1cncc(C(O)c2cccc(OC(C)C)c2)c1. The van der Waals surface area contributed by atoms with Crippen molar-refractivity contribution < 1.29 is 14.6 Å². The van der Waals surface area contributed by atoms with Gasteiger partial charge < -0.3 is 14.6 Å². The van der Waals surface area contributed by atoms with Gasteiger partial charge in [0.25, 0.3) is 0 Å². The maximum Gasteiger partial charge on any atom is 0.137 e. The average molecular weight is 287 g/mol. The maximum atomic E-state index is 10.5. The third-order valence-electron chi connectivity index (χ3n) is 2.91. The molecule has 1 aromatic carbocycles. The molecule has 4 heteroatoms. The largest absolute Gasteiger partial charge is 0.492 e. The predicted octanol–water partition coefficient (Wildman–Crippen LogP) is 3.35. The zero-order chi connectivity index (χ0) is 15.2. The number of aromatic nitrogens is 1. The Bertz CT molecular complexity index is 584. The van der Waals surface area contributed by atoms with Crippen molar-refractivity contribution in [2.75, 3.05) is 6.61 Å². The molecule has 1 aromatic heterocycles. The Morgan fingerprint density at radius 3 is 2.57 bits per heavy atom. The van der Waals surface area contributed by atoms with E-state index < -0.39 is 6.10 Å². The molecule has 2 rings (SSSR count). The molecule has 0 amide bonds. The first-order chi connectivity index (χ1) is 10.1. The van der Waals surface area contributed by atoms with E-state index in [-0.39, 0.29) is 6.10 Å². The lowest BCUT2D eigenvalue weighted by Gasteiger charge is -2.15. The first kappa shape index (κ1) is 15.3. The van der Waals surface area contributed by atoms with Gasteiger partial charge in [-0.05, 0) is 44.5 Å². The standard InChI is InChI=1S/C17H21NO3/c1-4-20-16-9-14(10-18-11-16)17(19)13-6-5-7-15(8-13)21-12(2)3/h5-12,17,19H,4H2,1-3H3. The summed E-state index contributed by atoms with van der Waals surface area (Å²) in [5, 5.41) is 10.5. The van der Waals surface area contributed by atoms with E-state index in [1.165, 1.54) is 0 Å². The van der Waals surface area contributed by atoms with Crippen molar-refractivity contribution in [2.24, 2.45) is 0 Å². The topological polar surface area (TPSA) is 51.6 Å². The third kappa shape index (κ3) is 4.20. The number of pyridine rings is 1. The van der Waals surface area contributed by atoms with E-state index in [1.807, 2.05) is 45.0 Å². The Balaban J connectivity index is 2.22. The van der Waals surface area contributed by atoms with Gasteiger partial charge >= 0.3 is 0 Å². The van der Waals surface area contributed by atoms with Crippen LogP contribution in [0.5, 0.6) is 11.5 Å². The summed E-state index contributed by atoms with van der Waals surface area (Å²) in [4.78, 5) is 4.10. The monoisotopic (exact) mass is 287 g/mol. The van der Waals surface area contributed by atoms with Gasteiger partial charge in [0, 0.05) is 11.8 Å². The molecule has 0 saturated carbocycles. The van der Waals surface area contributed by atoms with Gasteiger partial charge in [-0.25, -0.2) is 0 Å². The molecule has 0 bridgehead atoms. The fourth-order valence-electron chi connectivity index (χ4n) is 2.05. The van der Waals surface area contributed by atoms with Crippen LogP contribution < -0.4 is 9.47 Å². The van der Waals surface area contributed by atoms with Crippen LogP contribution >= 0.6 is 0 Å². The summed E-state index contributed by atoms with van der Waals surface area (Å²) in [6, 6.07) is 9.27. The van der Waals surface area contributed by atoms with Crippen LogP contribution in [-0.2, 0) is 0 Å². The van der Waals surface area contributed by atoms with Crippen molar-refractivity contribution >= 4 is 0 Å². The van der Waals surface area contributed by atoms with E-state index in [1.54, 1.807) is 18.5 Å². The molecule has 21 heavy (non-hydrogen) atoms. The normalized spacial score (nSPS) is 12.2. The summed E-state index contributed by atoms with van der Waals surface area (Å²) < 4.78 is 11.1. The van der Waals surface area contributed by atoms with Crippen LogP contribution in [0.4, 0.5) is 0 Å². The lowest BCUT2D eigenvalue weighted by molar-refractivity contribution is 0.215. The van der Waals surface area contributed by atoms with Gasteiger partial charge in [0.1, 0.15) is 17.6 Å². The summed E-state index contributed by atoms with van der Waals surface area (Å²) in [7, 11) is 0. The summed E-state index contributed by atoms with van der Waals surface area (Å²) in [6.07, 6.45) is 2.62. The van der Waals surface area contributed by atoms with Crippen molar-refractivity contribution in [3.8, 4) is 11.5 Å². The quantitative estimate of drug-likeness (QED) is 0.885. The fraction of sp³-hybridized carbons (Fsp3) is 0.353. The molecule has 112 valence electrons. The van der Waals surface area contributed by atoms with Gasteiger partial charge in [0.15, 0.2) is 0 Å². The van der Waals surface area contributed by atoms with Crippen molar-refractivity contribution in [3.05, 3.63) is 53.9 Å². The number of hydrogen-bond donors (Lipinski definition) is 1. The van der Waals surface area contributed by atoms with E-state index in [0.29, 0.717) is 17.9 Å². The Morgan fingerprint density at radius 2 is 1.86 bits per heavy atom. The minimum Gasteiger partial charge on any atom is -0.492 e. The third-order valence-corrected chi connectivity index (χ3v) is 2.91. The fourth-order valence-corrected chi connectivity index (χ4v) is 2.05. The van der Waals surface area contributed by atoms with Crippen LogP contribution in [0.3, 0.4) is 0 Å². The second kappa shape index (κ2) is 7.09. The molecule has 0 saturated heterocycles. The van der Waals surface area contributed by atoms with Crippen LogP contribution in [0.25, 0.3) is 0 Å². The Hall–Kier alpha value is -2.07. The molecule has 0 aliphatic carbocycles. The smallest absolute Gasteiger partial charge is 0.137 e. The summed E-state index contributed by atoms with van der Waals surface area (Å²) >= 11 is 0. The van der Waals surface area contributed by atoms with Crippen molar-refractivity contribution in [2.45, 2.75) is 33.0 Å². The maximum absolute atomic E-state index is 10.5. The summed E-state index contributed by atoms with van der Waals surface area (Å²) in [6.45, 7) is 6.42. The minimum absolute atomic E-state index is 0.0975. The molecule has 1 unspecified atom stereocenters. The Kier molecular flexibility index (Phi) is 5.17. The Labute approximate surface area is 125 Å². The van der Waals surface area contributed by atoms with Gasteiger partial charge in [0.05, 0.1) is 18.9 Å². The number of hydrogen-bond acceptors (Lipinski definition) is 4. The second-order valence-corrected chi connectivity index (χ2v) is 5.03. The molecule has 4 nitrogen and oxygen atoms in total. The van der Waals surface area contributed by atoms with Gasteiger partial charge in [-0.15, -0.1) is 0 Å². The highest BCUT2D eigenvalue weighted by Gasteiger charge is 2.13. The van der Waals surface area contributed by atoms with Crippen LogP contribution in [0, 0.1) is 0 Å². The zero-order valence-electron chi connectivity index (χ0n) is 12.6. The van der Waals surface area contributed by atoms with E-state index in [2.05, 4.69) is 4.98 Å². The Morgan fingerprint density at radius 1 is 1.10 bits per heavy atom. The molecular weight excluding hydrogens is 266 g/mol. The van der Waals surface area contributed by atoms with E-state index >= 15 is 0 Å². The zero-order valence-corrected chi connectivity index (χ0v) is 12.6. The highest BCUT2D eigenvalue weighted by molar-refractivity contribution is 5.36. The summed E-state index contributed by atoms with van der Waals surface area (Å²) in [5.41, 5.74) is 1.46. The van der Waals surface area contributed by atoms with Gasteiger partial charge in [-0.3, -0.25) is 4.98 Å². The number of aliphatic hydroxyl groups excluding tert-OH is 1. The van der Waals surface area contributed by atoms with Crippen molar-refractivity contribution in [3.63, 3.8) is 0 Å². The number of benzene rings is 1. The number of ether oxygens (including phenoxy) is 2. The molecule has 0 fully saturated rings. The lowest BCUT2D eigenvalue weighted by atomic mass is 10.0. The molecule has 0 radical (unpaired) electrons. The van der Waals surface area contributed by atoms with Crippen molar-refractivity contribution in [1.82, 2.24) is 4.98 Å². The second-order valence-electron chi connectivity index (χ2n) is 5.03. The van der Waals surface area contributed by atoms with Crippen LogP contribution in [0.2, 0.25) is 0 Å². The predicted molar refractivity (Wildman–Crippen MR) is 81.7 cm³/mol. The molecule has 1 N–H and O–H groups in total. The first-order valence-electron chi connectivity index (χ1n) is 7.12. The lowest BCUT2D eigenvalue weighted by Crippen LogP contribution is -2.07. The molecule has 0 aliphatic rings. The van der Waals surface area contributed by atoms with Crippen LogP contribution in [0.15, 0.2) is 42.7 Å². The van der Waals surface area contributed by atoms with E-state index in [4.69, 9.17) is 9.47 Å². The van der Waals surface area contributed by atoms with Crippen LogP contribution in [-0.4, -0.2) is 22.8 Å². The van der Waals surface area contributed by atoms with E-state index in [9.17, 15) is 5.11 Å². The van der Waals surface area contributed by atoms with Crippen LogP contribution in [0.1, 0.15) is 38.0 Å². The van der Waals surface area contributed by atoms with Gasteiger partial charge in [-0.1, -0.05) is 12.1 Å². The number of aliphatic hydroxyl groups is 1. The molecule has 1 atom stereocenters.